The van der Waals surface area contributed by atoms with Gasteiger partial charge in [0.15, 0.2) is 0 Å². The topological polar surface area (TPSA) is 17.1 Å². The van der Waals surface area contributed by atoms with E-state index in [0.29, 0.717) is 17.4 Å². The van der Waals surface area contributed by atoms with Gasteiger partial charge in [-0.05, 0) is 28.3 Å². The van der Waals surface area contributed by atoms with Crippen LogP contribution in [0.1, 0.15) is 25.3 Å². The predicted octanol–water partition coefficient (Wildman–Crippen LogP) is 8.91. The Labute approximate surface area is 267 Å². The molecule has 0 aliphatic rings. The van der Waals surface area contributed by atoms with E-state index in [1.165, 1.54) is 46.7 Å². The molecule has 0 aliphatic carbocycles. The molecule has 6 aromatic carbocycles. The largest absolute Gasteiger partial charge is 0.463 e. The molecule has 0 spiro atoms. The lowest BCUT2D eigenvalue weighted by molar-refractivity contribution is 0.604. The highest BCUT2D eigenvalue weighted by Gasteiger charge is 2.28. The van der Waals surface area contributed by atoms with Crippen molar-refractivity contribution in [1.82, 2.24) is 0 Å². The van der Waals surface area contributed by atoms with Crippen molar-refractivity contribution in [3.8, 4) is 22.3 Å². The van der Waals surface area contributed by atoms with Gasteiger partial charge in [-0.15, -0.1) is 0 Å². The third-order valence-corrected chi connectivity index (χ3v) is 9.04. The standard InChI is InChI=1S/C22H24B.C19H15OS/c1-2-3-19-23(20-13-7-4-8-14-20,21-15-9-5-10-16-21)22-17-11-6-12-18-22;20-21-14-18-12-11-17(15-7-3-1-4-8-15)13-19(18)16-9-5-2-6-10-16/h4-18H,2-3,19H2,1H3;1-13H,14H2/q-1;+1. The zero-order valence-corrected chi connectivity index (χ0v) is 26.2. The van der Waals surface area contributed by atoms with Gasteiger partial charge < -0.3 is 0 Å². The van der Waals surface area contributed by atoms with E-state index in [2.05, 4.69) is 140 Å². The molecule has 218 valence electrons. The fourth-order valence-electron chi connectivity index (χ4n) is 6.39. The summed E-state index contributed by atoms with van der Waals surface area (Å²) in [4.78, 5) is 0. The van der Waals surface area contributed by atoms with E-state index in [0.717, 1.165) is 16.7 Å². The smallest absolute Gasteiger partial charge is 0.200 e. The van der Waals surface area contributed by atoms with E-state index < -0.39 is 6.15 Å². The van der Waals surface area contributed by atoms with Crippen molar-refractivity contribution in [2.45, 2.75) is 31.8 Å². The molecule has 0 saturated carbocycles. The molecule has 3 heteroatoms. The molecule has 0 aromatic heterocycles. The third-order valence-electron chi connectivity index (χ3n) is 8.61. The van der Waals surface area contributed by atoms with Gasteiger partial charge in [0.05, 0.1) is 6.15 Å². The molecule has 6 aromatic rings. The number of unbranched alkanes of at least 4 members (excludes halogenated alkanes) is 1. The van der Waals surface area contributed by atoms with Crippen LogP contribution in [-0.4, -0.2) is 6.15 Å². The van der Waals surface area contributed by atoms with Gasteiger partial charge in [0.1, 0.15) is 0 Å². The van der Waals surface area contributed by atoms with Crippen LogP contribution >= 0.6 is 0 Å². The molecular formula is C41H39BOS. The molecule has 0 heterocycles. The highest BCUT2D eigenvalue weighted by molar-refractivity contribution is 7.64. The molecule has 0 aliphatic heterocycles. The normalized spacial score (nSPS) is 10.8. The van der Waals surface area contributed by atoms with E-state index in [4.69, 9.17) is 0 Å². The average molecular weight is 591 g/mol. The fourth-order valence-corrected chi connectivity index (χ4v) is 6.77. The maximum Gasteiger partial charge on any atom is 0.463 e. The van der Waals surface area contributed by atoms with Crippen LogP contribution in [0.4, 0.5) is 0 Å². The number of rotatable bonds is 10. The molecular weight excluding hydrogens is 551 g/mol. The van der Waals surface area contributed by atoms with E-state index in [9.17, 15) is 4.21 Å². The van der Waals surface area contributed by atoms with Crippen LogP contribution in [0.5, 0.6) is 0 Å². The lowest BCUT2D eigenvalue weighted by Crippen LogP contribution is -2.66. The quantitative estimate of drug-likeness (QED) is 0.115. The number of hydrogen-bond acceptors (Lipinski definition) is 1. The van der Waals surface area contributed by atoms with Crippen LogP contribution in [0.2, 0.25) is 6.32 Å². The summed E-state index contributed by atoms with van der Waals surface area (Å²) in [6.45, 7) is 2.28. The summed E-state index contributed by atoms with van der Waals surface area (Å²) in [6.07, 6.45) is 2.73. The third kappa shape index (κ3) is 7.30. The summed E-state index contributed by atoms with van der Waals surface area (Å²) < 4.78 is 11.0. The van der Waals surface area contributed by atoms with Crippen LogP contribution < -0.4 is 16.4 Å². The van der Waals surface area contributed by atoms with Crippen LogP contribution in [-0.2, 0) is 21.6 Å². The first-order valence-corrected chi connectivity index (χ1v) is 16.5. The molecule has 1 nitrogen and oxygen atoms in total. The van der Waals surface area contributed by atoms with Crippen molar-refractivity contribution in [3.05, 3.63) is 175 Å². The van der Waals surface area contributed by atoms with Gasteiger partial charge in [-0.2, -0.15) is 22.7 Å². The molecule has 6 rings (SSSR count). The van der Waals surface area contributed by atoms with Gasteiger partial charge in [-0.3, -0.25) is 0 Å². The molecule has 0 saturated heterocycles. The Morgan fingerprint density at radius 2 is 0.932 bits per heavy atom. The molecule has 0 amide bonds. The lowest BCUT2D eigenvalue weighted by Gasteiger charge is -2.43. The second-order valence-electron chi connectivity index (χ2n) is 11.3. The molecule has 44 heavy (non-hydrogen) atoms. The van der Waals surface area contributed by atoms with Gasteiger partial charge >= 0.3 is 11.7 Å². The Bertz CT molecular complexity index is 1610. The summed E-state index contributed by atoms with van der Waals surface area (Å²) in [6, 6.07) is 60.0. The maximum absolute atomic E-state index is 11.0. The van der Waals surface area contributed by atoms with Gasteiger partial charge in [-0.1, -0.05) is 184 Å². The SMILES string of the molecule is CCCC[B-](c1ccccc1)(c1ccccc1)c1ccccc1.O=[S+]Cc1ccc(-c2ccccc2)cc1-c1ccccc1. The molecule has 0 atom stereocenters. The second-order valence-corrected chi connectivity index (χ2v) is 11.8. The van der Waals surface area contributed by atoms with Crippen LogP contribution in [0, 0.1) is 0 Å². The first kappa shape index (κ1) is 30.8. The van der Waals surface area contributed by atoms with Crippen LogP contribution in [0.25, 0.3) is 22.3 Å². The van der Waals surface area contributed by atoms with Gasteiger partial charge in [0.2, 0.25) is 0 Å². The van der Waals surface area contributed by atoms with Crippen molar-refractivity contribution >= 4 is 34.2 Å². The first-order valence-electron chi connectivity index (χ1n) is 15.6. The van der Waals surface area contributed by atoms with Crippen LogP contribution in [0.15, 0.2) is 170 Å². The summed E-state index contributed by atoms with van der Waals surface area (Å²) in [7, 11) is 0. The minimum absolute atomic E-state index is 0.485. The average Bonchev–Trinajstić information content (AvgIpc) is 3.11. The fraction of sp³-hybridized carbons (Fsp3) is 0.122. The first-order chi connectivity index (χ1) is 21.8. The zero-order valence-electron chi connectivity index (χ0n) is 25.4. The monoisotopic (exact) mass is 590 g/mol. The number of benzene rings is 6. The van der Waals surface area contributed by atoms with Crippen molar-refractivity contribution in [2.75, 3.05) is 0 Å². The van der Waals surface area contributed by atoms with Crippen molar-refractivity contribution in [3.63, 3.8) is 0 Å². The second kappa shape index (κ2) is 15.8. The maximum atomic E-state index is 11.0. The minimum atomic E-state index is -0.913. The molecule has 0 N–H and O–H groups in total. The summed E-state index contributed by atoms with van der Waals surface area (Å²) in [5.41, 5.74) is 10.1. The van der Waals surface area contributed by atoms with Gasteiger partial charge in [-0.25, -0.2) is 0 Å². The van der Waals surface area contributed by atoms with E-state index in [1.807, 2.05) is 36.4 Å². The Hall–Kier alpha value is -4.60. The van der Waals surface area contributed by atoms with Crippen molar-refractivity contribution in [1.29, 1.82) is 0 Å². The summed E-state index contributed by atoms with van der Waals surface area (Å²) in [5.74, 6) is 0.485. The highest BCUT2D eigenvalue weighted by atomic mass is 32.1. The van der Waals surface area contributed by atoms with Crippen molar-refractivity contribution in [2.24, 2.45) is 0 Å². The number of hydrogen-bond donors (Lipinski definition) is 0. The van der Waals surface area contributed by atoms with E-state index >= 15 is 0 Å². The summed E-state index contributed by atoms with van der Waals surface area (Å²) in [5, 5.41) is 0. The molecule has 0 fully saturated rings. The molecule has 0 unspecified atom stereocenters. The van der Waals surface area contributed by atoms with E-state index in [-0.39, 0.29) is 0 Å². The Kier molecular flexibility index (Phi) is 11.0. The Balaban J connectivity index is 0.000000175. The minimum Gasteiger partial charge on any atom is -0.200 e. The lowest BCUT2D eigenvalue weighted by atomic mass is 9.14. The molecule has 0 radical (unpaired) electrons. The Morgan fingerprint density at radius 3 is 1.36 bits per heavy atom. The Morgan fingerprint density at radius 1 is 0.500 bits per heavy atom. The van der Waals surface area contributed by atoms with Crippen molar-refractivity contribution < 1.29 is 4.21 Å². The molecule has 0 bridgehead atoms. The van der Waals surface area contributed by atoms with Gasteiger partial charge in [0, 0.05) is 9.77 Å². The van der Waals surface area contributed by atoms with E-state index in [1.54, 1.807) is 0 Å². The highest BCUT2D eigenvalue weighted by Crippen LogP contribution is 2.30. The zero-order chi connectivity index (χ0) is 30.5. The van der Waals surface area contributed by atoms with Gasteiger partial charge in [0.25, 0.3) is 5.75 Å². The summed E-state index contributed by atoms with van der Waals surface area (Å²) >= 11 is 0.615. The predicted molar refractivity (Wildman–Crippen MR) is 193 cm³/mol. The van der Waals surface area contributed by atoms with Crippen LogP contribution in [0.3, 0.4) is 0 Å².